The number of carbonyl (C=O) groups is 2. The molecule has 1 aliphatic rings. The van der Waals surface area contributed by atoms with E-state index < -0.39 is 5.97 Å². The van der Waals surface area contributed by atoms with Gasteiger partial charge >= 0.3 is 5.97 Å². The quantitative estimate of drug-likeness (QED) is 0.669. The van der Waals surface area contributed by atoms with E-state index in [2.05, 4.69) is 10.2 Å². The zero-order valence-corrected chi connectivity index (χ0v) is 15.3. The number of rotatable bonds is 5. The minimum Gasteiger partial charge on any atom is -0.506 e. The van der Waals surface area contributed by atoms with Gasteiger partial charge in [-0.3, -0.25) is 4.79 Å². The van der Waals surface area contributed by atoms with Gasteiger partial charge < -0.3 is 25.0 Å². The van der Waals surface area contributed by atoms with Crippen LogP contribution in [0, 0.1) is 0 Å². The molecule has 0 atom stereocenters. The van der Waals surface area contributed by atoms with E-state index in [1.807, 2.05) is 12.1 Å². The van der Waals surface area contributed by atoms with Crippen molar-refractivity contribution in [3.63, 3.8) is 0 Å². The number of para-hydroxylation sites is 3. The summed E-state index contributed by atoms with van der Waals surface area (Å²) in [5, 5.41) is 12.8. The number of nitrogens with one attached hydrogen (secondary N) is 2. The first-order valence-electron chi connectivity index (χ1n) is 8.92. The van der Waals surface area contributed by atoms with E-state index in [1.165, 1.54) is 7.11 Å². The SMILES string of the molecule is COC(=O)c1ccccc1NC(=O)C[NH+]1CCN(c2ccccc2O)CC1. The molecule has 1 amide bonds. The van der Waals surface area contributed by atoms with Crippen LogP contribution in [0.3, 0.4) is 0 Å². The first kappa shape index (κ1) is 18.7. The second-order valence-electron chi connectivity index (χ2n) is 6.49. The summed E-state index contributed by atoms with van der Waals surface area (Å²) >= 11 is 0. The van der Waals surface area contributed by atoms with Gasteiger partial charge in [0.05, 0.1) is 50.2 Å². The second kappa shape index (κ2) is 8.55. The summed E-state index contributed by atoms with van der Waals surface area (Å²) in [5.41, 5.74) is 1.63. The molecule has 2 aromatic rings. The minimum atomic E-state index is -0.477. The van der Waals surface area contributed by atoms with Crippen LogP contribution in [-0.2, 0) is 9.53 Å². The zero-order chi connectivity index (χ0) is 19.2. The Labute approximate surface area is 158 Å². The molecule has 27 heavy (non-hydrogen) atoms. The third kappa shape index (κ3) is 4.57. The van der Waals surface area contributed by atoms with E-state index in [0.717, 1.165) is 36.8 Å². The van der Waals surface area contributed by atoms with Crippen molar-refractivity contribution in [1.29, 1.82) is 0 Å². The third-order valence-corrected chi connectivity index (χ3v) is 4.71. The van der Waals surface area contributed by atoms with Crippen LogP contribution in [0.1, 0.15) is 10.4 Å². The highest BCUT2D eigenvalue weighted by Crippen LogP contribution is 2.25. The Hall–Kier alpha value is -3.06. The van der Waals surface area contributed by atoms with Crippen LogP contribution in [0.15, 0.2) is 48.5 Å². The molecule has 0 aromatic heterocycles. The number of esters is 1. The van der Waals surface area contributed by atoms with Crippen LogP contribution < -0.4 is 15.1 Å². The van der Waals surface area contributed by atoms with Crippen molar-refractivity contribution in [2.45, 2.75) is 0 Å². The lowest BCUT2D eigenvalue weighted by atomic mass is 10.2. The molecule has 0 unspecified atom stereocenters. The smallest absolute Gasteiger partial charge is 0.339 e. The molecule has 7 heteroatoms. The number of benzene rings is 2. The molecular formula is C20H24N3O4+. The van der Waals surface area contributed by atoms with E-state index in [1.54, 1.807) is 36.4 Å². The van der Waals surface area contributed by atoms with Crippen LogP contribution in [0.2, 0.25) is 0 Å². The summed E-state index contributed by atoms with van der Waals surface area (Å²) in [5.74, 6) is -0.343. The van der Waals surface area contributed by atoms with E-state index >= 15 is 0 Å². The molecule has 0 aliphatic carbocycles. The van der Waals surface area contributed by atoms with Crippen molar-refractivity contribution in [3.05, 3.63) is 54.1 Å². The van der Waals surface area contributed by atoms with Crippen molar-refractivity contribution >= 4 is 23.3 Å². The number of aromatic hydroxyl groups is 1. The predicted octanol–water partition coefficient (Wildman–Crippen LogP) is 0.522. The van der Waals surface area contributed by atoms with Crippen molar-refractivity contribution in [2.75, 3.05) is 50.1 Å². The lowest BCUT2D eigenvalue weighted by Gasteiger charge is -2.33. The van der Waals surface area contributed by atoms with Gasteiger partial charge in [-0.25, -0.2) is 4.79 Å². The highest BCUT2D eigenvalue weighted by atomic mass is 16.5. The summed E-state index contributed by atoms with van der Waals surface area (Å²) < 4.78 is 4.75. The Bertz CT molecular complexity index is 816. The monoisotopic (exact) mass is 370 g/mol. The largest absolute Gasteiger partial charge is 0.506 e. The second-order valence-corrected chi connectivity index (χ2v) is 6.49. The van der Waals surface area contributed by atoms with Crippen molar-refractivity contribution in [1.82, 2.24) is 0 Å². The maximum atomic E-state index is 12.4. The molecule has 0 saturated carbocycles. The molecule has 1 aliphatic heterocycles. The number of piperazine rings is 1. The third-order valence-electron chi connectivity index (χ3n) is 4.71. The number of anilines is 2. The highest BCUT2D eigenvalue weighted by molar-refractivity contribution is 6.01. The molecule has 3 N–H and O–H groups in total. The van der Waals surface area contributed by atoms with Gasteiger partial charge in [0.1, 0.15) is 5.75 Å². The van der Waals surface area contributed by atoms with Crippen molar-refractivity contribution < 1.29 is 24.3 Å². The van der Waals surface area contributed by atoms with Crippen LogP contribution in [0.5, 0.6) is 5.75 Å². The highest BCUT2D eigenvalue weighted by Gasteiger charge is 2.24. The van der Waals surface area contributed by atoms with Gasteiger partial charge in [-0.1, -0.05) is 24.3 Å². The predicted molar refractivity (Wildman–Crippen MR) is 102 cm³/mol. The van der Waals surface area contributed by atoms with Gasteiger partial charge in [0.15, 0.2) is 6.54 Å². The van der Waals surface area contributed by atoms with Gasteiger partial charge in [0.2, 0.25) is 0 Å². The number of carbonyl (C=O) groups excluding carboxylic acids is 2. The van der Waals surface area contributed by atoms with E-state index in [0.29, 0.717) is 17.8 Å². The topological polar surface area (TPSA) is 83.3 Å². The first-order chi connectivity index (χ1) is 13.1. The fraction of sp³-hybridized carbons (Fsp3) is 0.300. The average Bonchev–Trinajstić information content (AvgIpc) is 2.69. The average molecular weight is 370 g/mol. The molecule has 1 heterocycles. The van der Waals surface area contributed by atoms with Gasteiger partial charge in [-0.05, 0) is 24.3 Å². The fourth-order valence-corrected chi connectivity index (χ4v) is 3.27. The molecule has 0 radical (unpaired) electrons. The molecule has 1 saturated heterocycles. The number of hydrogen-bond donors (Lipinski definition) is 3. The number of hydrogen-bond acceptors (Lipinski definition) is 5. The number of quaternary nitrogens is 1. The maximum Gasteiger partial charge on any atom is 0.339 e. The molecule has 7 nitrogen and oxygen atoms in total. The van der Waals surface area contributed by atoms with Crippen molar-refractivity contribution in [3.8, 4) is 5.75 Å². The molecule has 142 valence electrons. The summed E-state index contributed by atoms with van der Waals surface area (Å²) in [6.07, 6.45) is 0. The molecule has 0 bridgehead atoms. The van der Waals surface area contributed by atoms with Crippen LogP contribution in [0.4, 0.5) is 11.4 Å². The molecule has 1 fully saturated rings. The van der Waals surface area contributed by atoms with E-state index in [9.17, 15) is 14.7 Å². The number of methoxy groups -OCH3 is 1. The summed E-state index contributed by atoms with van der Waals surface area (Å²) in [7, 11) is 1.31. The number of ether oxygens (including phenoxy) is 1. The van der Waals surface area contributed by atoms with Gasteiger partial charge in [0.25, 0.3) is 5.91 Å². The Morgan fingerprint density at radius 2 is 1.78 bits per heavy atom. The van der Waals surface area contributed by atoms with E-state index in [4.69, 9.17) is 4.74 Å². The fourth-order valence-electron chi connectivity index (χ4n) is 3.27. The molecule has 0 spiro atoms. The molecular weight excluding hydrogens is 346 g/mol. The lowest BCUT2D eigenvalue weighted by molar-refractivity contribution is -0.892. The molecule has 3 rings (SSSR count). The lowest BCUT2D eigenvalue weighted by Crippen LogP contribution is -3.15. The Kier molecular flexibility index (Phi) is 5.93. The Balaban J connectivity index is 1.55. The minimum absolute atomic E-state index is 0.141. The number of nitrogens with zero attached hydrogens (tertiary/aromatic N) is 1. The van der Waals surface area contributed by atoms with Crippen molar-refractivity contribution in [2.24, 2.45) is 0 Å². The number of phenolic OH excluding ortho intramolecular Hbond substituents is 1. The standard InChI is InChI=1S/C20H23N3O4/c1-27-20(26)15-6-2-3-7-16(15)21-19(25)14-22-10-12-23(13-11-22)17-8-4-5-9-18(17)24/h2-9,24H,10-14H2,1H3,(H,21,25)/p+1. The van der Waals surface area contributed by atoms with Gasteiger partial charge in [-0.2, -0.15) is 0 Å². The van der Waals surface area contributed by atoms with Crippen LogP contribution >= 0.6 is 0 Å². The van der Waals surface area contributed by atoms with Crippen LogP contribution in [-0.4, -0.2) is 56.8 Å². The molecule has 2 aromatic carbocycles. The zero-order valence-electron chi connectivity index (χ0n) is 15.3. The number of phenols is 1. The normalized spacial score (nSPS) is 14.6. The summed E-state index contributed by atoms with van der Waals surface area (Å²) in [6, 6.07) is 14.1. The maximum absolute atomic E-state index is 12.4. The first-order valence-corrected chi connectivity index (χ1v) is 8.92. The van der Waals surface area contributed by atoms with Crippen LogP contribution in [0.25, 0.3) is 0 Å². The summed E-state index contributed by atoms with van der Waals surface area (Å²) in [6.45, 7) is 3.43. The van der Waals surface area contributed by atoms with Gasteiger partial charge in [-0.15, -0.1) is 0 Å². The van der Waals surface area contributed by atoms with E-state index in [-0.39, 0.29) is 11.7 Å². The Morgan fingerprint density at radius 3 is 2.48 bits per heavy atom. The number of amides is 1. The van der Waals surface area contributed by atoms with Gasteiger partial charge in [0, 0.05) is 0 Å². The summed E-state index contributed by atoms with van der Waals surface area (Å²) in [4.78, 5) is 27.5. The Morgan fingerprint density at radius 1 is 1.11 bits per heavy atom.